The van der Waals surface area contributed by atoms with Gasteiger partial charge in [0.1, 0.15) is 5.82 Å². The largest absolute Gasteiger partial charge is 0.394 e. The van der Waals surface area contributed by atoms with Crippen LogP contribution in [0.2, 0.25) is 0 Å². The van der Waals surface area contributed by atoms with Crippen molar-refractivity contribution in [2.24, 2.45) is 0 Å². The third-order valence-electron chi connectivity index (χ3n) is 5.77. The number of hydrogen-bond acceptors (Lipinski definition) is 4. The molecule has 4 N–H and O–H groups in total. The number of aliphatic hydroxyl groups is 1. The van der Waals surface area contributed by atoms with Crippen LogP contribution in [0.4, 0.5) is 4.39 Å². The summed E-state index contributed by atoms with van der Waals surface area (Å²) < 4.78 is 14.6. The molecule has 166 valence electrons. The summed E-state index contributed by atoms with van der Waals surface area (Å²) in [6.45, 7) is -0.395. The molecular weight excluding hydrogens is 411 g/mol. The Morgan fingerprint density at radius 1 is 1.12 bits per heavy atom. The summed E-state index contributed by atoms with van der Waals surface area (Å²) in [6, 6.07) is 10.4. The maximum atomic E-state index is 14.6. The number of aliphatic hydroxyl groups excluding tert-OH is 1. The Bertz CT molecular complexity index is 1090. The molecule has 1 aliphatic carbocycles. The molecule has 0 saturated heterocycles. The zero-order chi connectivity index (χ0) is 22.5. The molecule has 0 radical (unpaired) electrons. The standard InChI is InChI=1S/C24H25FN4O3/c25-21-11-15(18-12-26-27-13-18)8-9-20(21)24(32)29-22(14-30)16-4-3-5-17(10-16)23(31)28-19-6-1-2-7-19/h3-5,8-13,19,22,30H,1-2,6-7,14H2,(H,26,27)(H,28,31)(H,29,32)/t22-/m1/s1. The molecule has 0 aliphatic heterocycles. The first kappa shape index (κ1) is 21.7. The number of aromatic nitrogens is 2. The normalized spacial score (nSPS) is 14.8. The van der Waals surface area contributed by atoms with E-state index in [0.29, 0.717) is 22.3 Å². The molecule has 8 heteroatoms. The molecule has 3 aromatic rings. The molecular formula is C24H25FN4O3. The molecule has 4 rings (SSSR count). The summed E-state index contributed by atoms with van der Waals surface area (Å²) in [5.41, 5.74) is 2.18. The molecule has 0 unspecified atom stereocenters. The van der Waals surface area contributed by atoms with Crippen molar-refractivity contribution >= 4 is 11.8 Å². The Kier molecular flexibility index (Phi) is 6.61. The van der Waals surface area contributed by atoms with E-state index in [2.05, 4.69) is 20.8 Å². The van der Waals surface area contributed by atoms with Gasteiger partial charge >= 0.3 is 0 Å². The number of carbonyl (C=O) groups is 2. The molecule has 1 fully saturated rings. The highest BCUT2D eigenvalue weighted by Crippen LogP contribution is 2.22. The third kappa shape index (κ3) is 4.86. The van der Waals surface area contributed by atoms with Crippen molar-refractivity contribution in [3.05, 3.63) is 77.4 Å². The fourth-order valence-corrected chi connectivity index (χ4v) is 3.99. The molecule has 7 nitrogen and oxygen atoms in total. The molecule has 1 heterocycles. The highest BCUT2D eigenvalue weighted by Gasteiger charge is 2.21. The summed E-state index contributed by atoms with van der Waals surface area (Å²) in [4.78, 5) is 25.3. The molecule has 32 heavy (non-hydrogen) atoms. The van der Waals surface area contributed by atoms with E-state index in [1.165, 1.54) is 12.1 Å². The number of benzene rings is 2. The van der Waals surface area contributed by atoms with E-state index in [-0.39, 0.29) is 17.5 Å². The quantitative estimate of drug-likeness (QED) is 0.456. The van der Waals surface area contributed by atoms with Gasteiger partial charge in [0.25, 0.3) is 11.8 Å². The van der Waals surface area contributed by atoms with Gasteiger partial charge in [0.2, 0.25) is 0 Å². The average Bonchev–Trinajstić information content (AvgIpc) is 3.52. The highest BCUT2D eigenvalue weighted by atomic mass is 19.1. The lowest BCUT2D eigenvalue weighted by Crippen LogP contribution is -2.33. The van der Waals surface area contributed by atoms with Crippen LogP contribution in [0.5, 0.6) is 0 Å². The Hall–Kier alpha value is -3.52. The smallest absolute Gasteiger partial charge is 0.254 e. The summed E-state index contributed by atoms with van der Waals surface area (Å²) >= 11 is 0. The average molecular weight is 436 g/mol. The van der Waals surface area contributed by atoms with Gasteiger partial charge < -0.3 is 15.7 Å². The summed E-state index contributed by atoms with van der Waals surface area (Å²) in [5, 5.41) is 22.0. The lowest BCUT2D eigenvalue weighted by atomic mass is 10.0. The van der Waals surface area contributed by atoms with Gasteiger partial charge in [-0.1, -0.05) is 31.0 Å². The highest BCUT2D eigenvalue weighted by molar-refractivity contribution is 5.96. The van der Waals surface area contributed by atoms with Gasteiger partial charge in [-0.3, -0.25) is 14.7 Å². The Morgan fingerprint density at radius 2 is 1.94 bits per heavy atom. The summed E-state index contributed by atoms with van der Waals surface area (Å²) in [5.74, 6) is -1.51. The van der Waals surface area contributed by atoms with Crippen LogP contribution in [0.15, 0.2) is 54.9 Å². The van der Waals surface area contributed by atoms with Crippen molar-refractivity contribution in [3.63, 3.8) is 0 Å². The topological polar surface area (TPSA) is 107 Å². The summed E-state index contributed by atoms with van der Waals surface area (Å²) in [6.07, 6.45) is 7.38. The second-order valence-corrected chi connectivity index (χ2v) is 7.97. The number of halogens is 1. The minimum atomic E-state index is -0.783. The van der Waals surface area contributed by atoms with Gasteiger partial charge in [-0.25, -0.2) is 4.39 Å². The van der Waals surface area contributed by atoms with Crippen molar-refractivity contribution in [1.29, 1.82) is 0 Å². The van der Waals surface area contributed by atoms with E-state index in [4.69, 9.17) is 0 Å². The number of nitrogens with one attached hydrogen (secondary N) is 3. The van der Waals surface area contributed by atoms with Gasteiger partial charge in [-0.05, 0) is 48.2 Å². The number of carbonyl (C=O) groups excluding carboxylic acids is 2. The lowest BCUT2D eigenvalue weighted by Gasteiger charge is -2.18. The van der Waals surface area contributed by atoms with E-state index in [1.807, 2.05) is 0 Å². The van der Waals surface area contributed by atoms with Gasteiger partial charge in [-0.15, -0.1) is 0 Å². The maximum Gasteiger partial charge on any atom is 0.254 e. The van der Waals surface area contributed by atoms with Crippen molar-refractivity contribution in [2.75, 3.05) is 6.61 Å². The van der Waals surface area contributed by atoms with E-state index in [9.17, 15) is 19.1 Å². The van der Waals surface area contributed by atoms with Crippen molar-refractivity contribution in [3.8, 4) is 11.1 Å². The fraction of sp³-hybridized carbons (Fsp3) is 0.292. The first-order chi connectivity index (χ1) is 15.5. The zero-order valence-corrected chi connectivity index (χ0v) is 17.5. The Morgan fingerprint density at radius 3 is 2.62 bits per heavy atom. The van der Waals surface area contributed by atoms with Crippen LogP contribution in [0, 0.1) is 5.82 Å². The molecule has 1 atom stereocenters. The van der Waals surface area contributed by atoms with Crippen LogP contribution in [-0.4, -0.2) is 39.8 Å². The number of aromatic amines is 1. The second kappa shape index (κ2) is 9.74. The van der Waals surface area contributed by atoms with Crippen molar-refractivity contribution in [2.45, 2.75) is 37.8 Å². The predicted octanol–water partition coefficient (Wildman–Crippen LogP) is 3.35. The first-order valence-electron chi connectivity index (χ1n) is 10.7. The molecule has 0 bridgehead atoms. The number of rotatable bonds is 7. The first-order valence-corrected chi connectivity index (χ1v) is 10.7. The minimum absolute atomic E-state index is 0.133. The van der Waals surface area contributed by atoms with Crippen LogP contribution in [0.1, 0.15) is 58.0 Å². The van der Waals surface area contributed by atoms with Crippen LogP contribution in [-0.2, 0) is 0 Å². The SMILES string of the molecule is O=C(NC1CCCC1)c1cccc([C@@H](CO)NC(=O)c2ccc(-c3cn[nH]c3)cc2F)c1. The number of nitrogens with zero attached hydrogens (tertiary/aromatic N) is 1. The maximum absolute atomic E-state index is 14.6. The Balaban J connectivity index is 1.47. The van der Waals surface area contributed by atoms with E-state index in [1.54, 1.807) is 42.7 Å². The van der Waals surface area contributed by atoms with Gasteiger partial charge in [-0.2, -0.15) is 5.10 Å². The number of H-pyrrole nitrogens is 1. The summed E-state index contributed by atoms with van der Waals surface area (Å²) in [7, 11) is 0. The number of hydrogen-bond donors (Lipinski definition) is 4. The molecule has 2 amide bonds. The molecule has 1 saturated carbocycles. The van der Waals surface area contributed by atoms with Gasteiger partial charge in [0, 0.05) is 23.4 Å². The third-order valence-corrected chi connectivity index (χ3v) is 5.77. The monoisotopic (exact) mass is 436 g/mol. The van der Waals surface area contributed by atoms with E-state index >= 15 is 0 Å². The van der Waals surface area contributed by atoms with Crippen molar-refractivity contribution in [1.82, 2.24) is 20.8 Å². The Labute approximate surface area is 185 Å². The predicted molar refractivity (Wildman–Crippen MR) is 117 cm³/mol. The zero-order valence-electron chi connectivity index (χ0n) is 17.5. The second-order valence-electron chi connectivity index (χ2n) is 7.97. The molecule has 1 aliphatic rings. The van der Waals surface area contributed by atoms with E-state index in [0.717, 1.165) is 25.7 Å². The van der Waals surface area contributed by atoms with Gasteiger partial charge in [0.05, 0.1) is 24.4 Å². The lowest BCUT2D eigenvalue weighted by molar-refractivity contribution is 0.0911. The van der Waals surface area contributed by atoms with Crippen LogP contribution < -0.4 is 10.6 Å². The van der Waals surface area contributed by atoms with E-state index < -0.39 is 24.4 Å². The minimum Gasteiger partial charge on any atom is -0.394 e. The van der Waals surface area contributed by atoms with Crippen LogP contribution >= 0.6 is 0 Å². The van der Waals surface area contributed by atoms with Gasteiger partial charge in [0.15, 0.2) is 0 Å². The molecule has 0 spiro atoms. The molecule has 1 aromatic heterocycles. The van der Waals surface area contributed by atoms with Crippen LogP contribution in [0.25, 0.3) is 11.1 Å². The number of amides is 2. The fourth-order valence-electron chi connectivity index (χ4n) is 3.99. The van der Waals surface area contributed by atoms with Crippen LogP contribution in [0.3, 0.4) is 0 Å². The van der Waals surface area contributed by atoms with Crippen molar-refractivity contribution < 1.29 is 19.1 Å². The molecule has 2 aromatic carbocycles.